The average molecular weight is 253 g/mol. The molecule has 2 nitrogen and oxygen atoms in total. The molecule has 1 saturated carbocycles. The van der Waals surface area contributed by atoms with E-state index in [1.165, 1.54) is 77.0 Å². The lowest BCUT2D eigenvalue weighted by Gasteiger charge is -2.33. The van der Waals surface area contributed by atoms with E-state index in [9.17, 15) is 0 Å². The second-order valence-electron chi connectivity index (χ2n) is 6.50. The average Bonchev–Trinajstić information content (AvgIpc) is 2.74. The molecule has 0 aromatic carbocycles. The van der Waals surface area contributed by atoms with E-state index in [1.54, 1.807) is 0 Å². The second-order valence-corrected chi connectivity index (χ2v) is 6.50. The fourth-order valence-corrected chi connectivity index (χ4v) is 3.79. The van der Waals surface area contributed by atoms with Crippen LogP contribution in [0, 0.1) is 0 Å². The van der Waals surface area contributed by atoms with E-state index >= 15 is 0 Å². The number of hydrogen-bond donors (Lipinski definition) is 1. The molecule has 2 fully saturated rings. The van der Waals surface area contributed by atoms with Crippen molar-refractivity contribution >= 4 is 0 Å². The summed E-state index contributed by atoms with van der Waals surface area (Å²) < 4.78 is 6.39. The Morgan fingerprint density at radius 1 is 1.17 bits per heavy atom. The first-order valence-corrected chi connectivity index (χ1v) is 8.17. The van der Waals surface area contributed by atoms with Crippen molar-refractivity contribution in [3.63, 3.8) is 0 Å². The highest BCUT2D eigenvalue weighted by molar-refractivity contribution is 4.91. The lowest BCUT2D eigenvalue weighted by Crippen LogP contribution is -2.31. The van der Waals surface area contributed by atoms with Crippen LogP contribution in [0.1, 0.15) is 84.0 Å². The van der Waals surface area contributed by atoms with E-state index in [4.69, 9.17) is 10.5 Å². The Kier molecular flexibility index (Phi) is 5.50. The van der Waals surface area contributed by atoms with E-state index in [2.05, 4.69) is 6.92 Å². The van der Waals surface area contributed by atoms with E-state index < -0.39 is 0 Å². The molecule has 1 aliphatic carbocycles. The molecule has 0 radical (unpaired) electrons. The molecular formula is C16H31NO. The summed E-state index contributed by atoms with van der Waals surface area (Å²) in [5, 5.41) is 0. The molecular weight excluding hydrogens is 222 g/mol. The highest BCUT2D eigenvalue weighted by atomic mass is 16.5. The predicted octanol–water partition coefficient (Wildman–Crippen LogP) is 4.17. The molecule has 1 saturated heterocycles. The molecule has 2 N–H and O–H groups in total. The number of rotatable bonds is 6. The molecule has 106 valence electrons. The van der Waals surface area contributed by atoms with Crippen molar-refractivity contribution in [2.45, 2.75) is 102 Å². The Balaban J connectivity index is 1.63. The quantitative estimate of drug-likeness (QED) is 0.771. The highest BCUT2D eigenvalue weighted by Crippen LogP contribution is 2.42. The molecule has 1 heterocycles. The third-order valence-corrected chi connectivity index (χ3v) is 4.86. The van der Waals surface area contributed by atoms with E-state index in [0.717, 1.165) is 0 Å². The van der Waals surface area contributed by atoms with Crippen molar-refractivity contribution in [1.29, 1.82) is 0 Å². The topological polar surface area (TPSA) is 35.2 Å². The van der Waals surface area contributed by atoms with Crippen molar-refractivity contribution in [3.8, 4) is 0 Å². The minimum Gasteiger partial charge on any atom is -0.372 e. The first kappa shape index (κ1) is 14.3. The smallest absolute Gasteiger partial charge is 0.0687 e. The molecule has 0 aromatic rings. The van der Waals surface area contributed by atoms with Crippen LogP contribution in [0.4, 0.5) is 0 Å². The molecule has 1 aliphatic heterocycles. The van der Waals surface area contributed by atoms with E-state index in [1.807, 2.05) is 0 Å². The Bertz CT molecular complexity index is 235. The molecule has 0 amide bonds. The van der Waals surface area contributed by atoms with Crippen LogP contribution in [0.25, 0.3) is 0 Å². The molecule has 0 aromatic heterocycles. The summed E-state index contributed by atoms with van der Waals surface area (Å²) in [6.07, 6.45) is 16.0. The fraction of sp³-hybridized carbons (Fsp3) is 1.00. The normalized spacial score (nSPS) is 28.7. The summed E-state index contributed by atoms with van der Waals surface area (Å²) >= 11 is 0. The summed E-state index contributed by atoms with van der Waals surface area (Å²) in [5.74, 6) is 0. The standard InChI is InChI=1S/C16H31NO/c1-2-7-14(17)8-6-9-15-10-13-16(18-15)11-4-3-5-12-16/h14-15H,2-13,17H2,1H3. The molecule has 18 heavy (non-hydrogen) atoms. The van der Waals surface area contributed by atoms with Gasteiger partial charge in [0.2, 0.25) is 0 Å². The minimum atomic E-state index is 0.300. The van der Waals surface area contributed by atoms with Gasteiger partial charge in [0.05, 0.1) is 11.7 Å². The van der Waals surface area contributed by atoms with Crippen molar-refractivity contribution in [2.24, 2.45) is 5.73 Å². The zero-order chi connectivity index (χ0) is 12.8. The Morgan fingerprint density at radius 2 is 1.94 bits per heavy atom. The third kappa shape index (κ3) is 3.96. The van der Waals surface area contributed by atoms with Crippen LogP contribution in [0.3, 0.4) is 0 Å². The van der Waals surface area contributed by atoms with Gasteiger partial charge in [0, 0.05) is 6.04 Å². The van der Waals surface area contributed by atoms with E-state index in [0.29, 0.717) is 17.7 Å². The van der Waals surface area contributed by atoms with Crippen LogP contribution < -0.4 is 5.73 Å². The number of hydrogen-bond acceptors (Lipinski definition) is 2. The van der Waals surface area contributed by atoms with Gasteiger partial charge in [-0.2, -0.15) is 0 Å². The van der Waals surface area contributed by atoms with Crippen LogP contribution in [-0.2, 0) is 4.74 Å². The molecule has 2 rings (SSSR count). The minimum absolute atomic E-state index is 0.300. The highest BCUT2D eigenvalue weighted by Gasteiger charge is 2.40. The molecule has 2 aliphatic rings. The monoisotopic (exact) mass is 253 g/mol. The van der Waals surface area contributed by atoms with Crippen molar-refractivity contribution < 1.29 is 4.74 Å². The van der Waals surface area contributed by atoms with E-state index in [-0.39, 0.29) is 0 Å². The SMILES string of the molecule is CCCC(N)CCCC1CCC2(CCCCC2)O1. The van der Waals surface area contributed by atoms with Gasteiger partial charge in [-0.1, -0.05) is 32.6 Å². The summed E-state index contributed by atoms with van der Waals surface area (Å²) in [7, 11) is 0. The maximum Gasteiger partial charge on any atom is 0.0687 e. The van der Waals surface area contributed by atoms with Crippen LogP contribution >= 0.6 is 0 Å². The van der Waals surface area contributed by atoms with Gasteiger partial charge in [0.1, 0.15) is 0 Å². The number of nitrogens with two attached hydrogens (primary N) is 1. The zero-order valence-electron chi connectivity index (χ0n) is 12.1. The first-order chi connectivity index (χ1) is 8.74. The third-order valence-electron chi connectivity index (χ3n) is 4.86. The van der Waals surface area contributed by atoms with Gasteiger partial charge in [0.25, 0.3) is 0 Å². The van der Waals surface area contributed by atoms with Gasteiger partial charge < -0.3 is 10.5 Å². The molecule has 2 heteroatoms. The maximum atomic E-state index is 6.39. The van der Waals surface area contributed by atoms with Gasteiger partial charge in [-0.25, -0.2) is 0 Å². The number of ether oxygens (including phenoxy) is 1. The lowest BCUT2D eigenvalue weighted by atomic mass is 9.83. The summed E-state index contributed by atoms with van der Waals surface area (Å²) in [6.45, 7) is 2.22. The van der Waals surface area contributed by atoms with Gasteiger partial charge in [-0.15, -0.1) is 0 Å². The Morgan fingerprint density at radius 3 is 2.67 bits per heavy atom. The molecule has 2 atom stereocenters. The second kappa shape index (κ2) is 6.91. The van der Waals surface area contributed by atoms with Crippen molar-refractivity contribution in [1.82, 2.24) is 0 Å². The molecule has 2 unspecified atom stereocenters. The summed E-state index contributed by atoms with van der Waals surface area (Å²) in [4.78, 5) is 0. The zero-order valence-corrected chi connectivity index (χ0v) is 12.1. The van der Waals surface area contributed by atoms with Crippen LogP contribution in [0.15, 0.2) is 0 Å². The van der Waals surface area contributed by atoms with Gasteiger partial charge in [0.15, 0.2) is 0 Å². The predicted molar refractivity (Wildman–Crippen MR) is 76.7 cm³/mol. The van der Waals surface area contributed by atoms with Crippen molar-refractivity contribution in [2.75, 3.05) is 0 Å². The first-order valence-electron chi connectivity index (χ1n) is 8.17. The van der Waals surface area contributed by atoms with Crippen LogP contribution in [-0.4, -0.2) is 17.7 Å². The van der Waals surface area contributed by atoms with Crippen molar-refractivity contribution in [3.05, 3.63) is 0 Å². The molecule has 1 spiro atoms. The Hall–Kier alpha value is -0.0800. The largest absolute Gasteiger partial charge is 0.372 e. The lowest BCUT2D eigenvalue weighted by molar-refractivity contribution is -0.0661. The van der Waals surface area contributed by atoms with Gasteiger partial charge in [-0.05, 0) is 51.4 Å². The maximum absolute atomic E-state index is 6.39. The summed E-state index contributed by atoms with van der Waals surface area (Å²) in [6, 6.07) is 0.417. The fourth-order valence-electron chi connectivity index (χ4n) is 3.79. The van der Waals surface area contributed by atoms with Gasteiger partial charge >= 0.3 is 0 Å². The summed E-state index contributed by atoms with van der Waals surface area (Å²) in [5.41, 5.74) is 6.36. The van der Waals surface area contributed by atoms with Gasteiger partial charge in [-0.3, -0.25) is 0 Å². The van der Waals surface area contributed by atoms with Crippen LogP contribution in [0.5, 0.6) is 0 Å². The molecule has 0 bridgehead atoms. The Labute approximate surface area is 113 Å². The van der Waals surface area contributed by atoms with Crippen LogP contribution in [0.2, 0.25) is 0 Å².